The van der Waals surface area contributed by atoms with Crippen molar-refractivity contribution in [2.45, 2.75) is 31.6 Å². The van der Waals surface area contributed by atoms with Crippen molar-refractivity contribution in [3.8, 4) is 11.3 Å². The van der Waals surface area contributed by atoms with Gasteiger partial charge in [-0.25, -0.2) is 4.98 Å². The summed E-state index contributed by atoms with van der Waals surface area (Å²) in [4.78, 5) is 29.2. The van der Waals surface area contributed by atoms with E-state index in [1.165, 1.54) is 0 Å². The number of imide groups is 1. The average molecular weight is 493 g/mol. The van der Waals surface area contributed by atoms with Crippen LogP contribution in [0.1, 0.15) is 31.7 Å². The Morgan fingerprint density at radius 3 is 2.38 bits per heavy atom. The maximum atomic E-state index is 12.7. The molecule has 4 aromatic rings. The van der Waals surface area contributed by atoms with E-state index in [4.69, 9.17) is 28.2 Å². The van der Waals surface area contributed by atoms with Crippen molar-refractivity contribution in [1.29, 1.82) is 0 Å². The Morgan fingerprint density at radius 1 is 1.00 bits per heavy atom. The summed E-state index contributed by atoms with van der Waals surface area (Å²) in [6.45, 7) is 1.97. The van der Waals surface area contributed by atoms with Crippen molar-refractivity contribution in [2.75, 3.05) is 5.32 Å². The van der Waals surface area contributed by atoms with E-state index in [1.54, 1.807) is 6.07 Å². The van der Waals surface area contributed by atoms with Gasteiger partial charge in [0.15, 0.2) is 0 Å². The molecule has 0 bridgehead atoms. The van der Waals surface area contributed by atoms with Gasteiger partial charge in [0, 0.05) is 28.9 Å². The van der Waals surface area contributed by atoms with Gasteiger partial charge in [0.1, 0.15) is 17.2 Å². The van der Waals surface area contributed by atoms with Crippen molar-refractivity contribution in [2.24, 2.45) is 0 Å². The van der Waals surface area contributed by atoms with Gasteiger partial charge in [-0.15, -0.1) is 0 Å². The minimum Gasteiger partial charge on any atom is -0.339 e. The lowest BCUT2D eigenvalue weighted by molar-refractivity contribution is -0.138. The van der Waals surface area contributed by atoms with E-state index < -0.39 is 5.41 Å². The first kappa shape index (κ1) is 22.4. The van der Waals surface area contributed by atoms with Crippen molar-refractivity contribution in [3.63, 3.8) is 0 Å². The number of aromatic nitrogens is 2. The fourth-order valence-electron chi connectivity index (χ4n) is 4.52. The molecule has 0 saturated carbocycles. The summed E-state index contributed by atoms with van der Waals surface area (Å²) >= 11 is 12.4. The number of carbonyl (C=O) groups is 2. The lowest BCUT2D eigenvalue weighted by Crippen LogP contribution is -2.51. The summed E-state index contributed by atoms with van der Waals surface area (Å²) in [5.41, 5.74) is 3.46. The van der Waals surface area contributed by atoms with Crippen molar-refractivity contribution >= 4 is 52.2 Å². The number of hydrogen-bond donors (Lipinski definition) is 2. The Bertz CT molecular complexity index is 1400. The number of imidazole rings is 1. The van der Waals surface area contributed by atoms with Gasteiger partial charge in [0.25, 0.3) is 0 Å². The molecule has 2 aromatic carbocycles. The third kappa shape index (κ3) is 3.93. The van der Waals surface area contributed by atoms with Gasteiger partial charge in [-0.2, -0.15) is 0 Å². The smallest absolute Gasteiger partial charge is 0.237 e. The van der Waals surface area contributed by atoms with Crippen LogP contribution < -0.4 is 10.6 Å². The standard InChI is InChI=1S/C26H22Cl2N4O2/c1-2-26(14-13-22(33)31-25(26)34)17-5-10-20(11-6-17)29-24-23(16-3-7-18(27)8-4-16)30-21-12-9-19(28)15-32(21)24/h3-12,15,29H,2,13-14H2,1H3,(H,31,33,34)/t26-/m0/s1. The number of rotatable bonds is 5. The molecule has 1 fully saturated rings. The third-order valence-electron chi connectivity index (χ3n) is 6.47. The lowest BCUT2D eigenvalue weighted by atomic mass is 9.72. The molecule has 1 saturated heterocycles. The number of anilines is 2. The van der Waals surface area contributed by atoms with Gasteiger partial charge in [-0.05, 0) is 54.8 Å². The van der Waals surface area contributed by atoms with Crippen molar-refractivity contribution < 1.29 is 9.59 Å². The quantitative estimate of drug-likeness (QED) is 0.328. The number of carbonyl (C=O) groups excluding carboxylic acids is 2. The monoisotopic (exact) mass is 492 g/mol. The number of pyridine rings is 1. The number of nitrogens with zero attached hydrogens (tertiary/aromatic N) is 2. The normalized spacial score (nSPS) is 18.2. The fraction of sp³-hybridized carbons (Fsp3) is 0.192. The highest BCUT2D eigenvalue weighted by Crippen LogP contribution is 2.37. The second-order valence-electron chi connectivity index (χ2n) is 8.41. The molecule has 0 unspecified atom stereocenters. The number of hydrogen-bond acceptors (Lipinski definition) is 4. The Labute approximate surface area is 206 Å². The van der Waals surface area contributed by atoms with Crippen LogP contribution >= 0.6 is 23.2 Å². The molecule has 0 radical (unpaired) electrons. The fourth-order valence-corrected chi connectivity index (χ4v) is 4.81. The van der Waals surface area contributed by atoms with Crippen LogP contribution in [0, 0.1) is 0 Å². The topological polar surface area (TPSA) is 75.5 Å². The first-order valence-electron chi connectivity index (χ1n) is 11.0. The summed E-state index contributed by atoms with van der Waals surface area (Å²) in [5.74, 6) is 0.320. The van der Waals surface area contributed by atoms with E-state index in [2.05, 4.69) is 10.6 Å². The number of amides is 2. The summed E-state index contributed by atoms with van der Waals surface area (Å²) < 4.78 is 1.91. The zero-order chi connectivity index (χ0) is 23.9. The highest BCUT2D eigenvalue weighted by molar-refractivity contribution is 6.31. The van der Waals surface area contributed by atoms with E-state index in [9.17, 15) is 9.59 Å². The Kier molecular flexibility index (Phi) is 5.80. The molecule has 0 spiro atoms. The van der Waals surface area contributed by atoms with Crippen LogP contribution in [0.3, 0.4) is 0 Å². The minimum atomic E-state index is -0.697. The molecule has 1 atom stereocenters. The van der Waals surface area contributed by atoms with E-state index in [0.29, 0.717) is 29.3 Å². The largest absolute Gasteiger partial charge is 0.339 e. The Hall–Kier alpha value is -3.35. The number of halogens is 2. The highest BCUT2D eigenvalue weighted by atomic mass is 35.5. The van der Waals surface area contributed by atoms with Crippen LogP contribution in [-0.4, -0.2) is 21.2 Å². The second kappa shape index (κ2) is 8.78. The Balaban J connectivity index is 1.53. The predicted octanol–water partition coefficient (Wildman–Crippen LogP) is 6.14. The molecular weight excluding hydrogens is 471 g/mol. The molecule has 2 N–H and O–H groups in total. The average Bonchev–Trinajstić information content (AvgIpc) is 3.18. The minimum absolute atomic E-state index is 0.214. The number of nitrogens with one attached hydrogen (secondary N) is 2. The van der Waals surface area contributed by atoms with Gasteiger partial charge in [-0.3, -0.25) is 19.3 Å². The van der Waals surface area contributed by atoms with Gasteiger partial charge in [0.2, 0.25) is 11.8 Å². The Morgan fingerprint density at radius 2 is 1.71 bits per heavy atom. The molecule has 2 amide bonds. The van der Waals surface area contributed by atoms with Crippen LogP contribution in [0.4, 0.5) is 11.5 Å². The van der Waals surface area contributed by atoms with E-state index in [1.807, 2.05) is 72.1 Å². The van der Waals surface area contributed by atoms with Gasteiger partial charge in [0.05, 0.1) is 10.4 Å². The van der Waals surface area contributed by atoms with Crippen LogP contribution in [0.25, 0.3) is 16.9 Å². The summed E-state index contributed by atoms with van der Waals surface area (Å²) in [6, 6.07) is 18.9. The maximum absolute atomic E-state index is 12.7. The van der Waals surface area contributed by atoms with Crippen LogP contribution in [-0.2, 0) is 15.0 Å². The summed E-state index contributed by atoms with van der Waals surface area (Å²) in [5, 5.41) is 7.21. The molecule has 2 aromatic heterocycles. The molecule has 0 aliphatic carbocycles. The molecule has 172 valence electrons. The molecule has 8 heteroatoms. The van der Waals surface area contributed by atoms with Crippen LogP contribution in [0.5, 0.6) is 0 Å². The lowest BCUT2D eigenvalue weighted by Gasteiger charge is -2.35. The van der Waals surface area contributed by atoms with Gasteiger partial charge < -0.3 is 5.32 Å². The predicted molar refractivity (Wildman–Crippen MR) is 135 cm³/mol. The number of piperidine rings is 1. The summed E-state index contributed by atoms with van der Waals surface area (Å²) in [7, 11) is 0. The highest BCUT2D eigenvalue weighted by Gasteiger charge is 2.42. The van der Waals surface area contributed by atoms with Gasteiger partial charge >= 0.3 is 0 Å². The molecule has 34 heavy (non-hydrogen) atoms. The zero-order valence-corrected chi connectivity index (χ0v) is 20.0. The molecule has 1 aliphatic heterocycles. The second-order valence-corrected chi connectivity index (χ2v) is 9.28. The van der Waals surface area contributed by atoms with E-state index >= 15 is 0 Å². The van der Waals surface area contributed by atoms with Gasteiger partial charge in [-0.1, -0.05) is 54.4 Å². The summed E-state index contributed by atoms with van der Waals surface area (Å²) in [6.07, 6.45) is 3.28. The molecule has 1 aliphatic rings. The maximum Gasteiger partial charge on any atom is 0.237 e. The van der Waals surface area contributed by atoms with Crippen LogP contribution in [0.2, 0.25) is 10.0 Å². The third-order valence-corrected chi connectivity index (χ3v) is 6.95. The molecule has 6 nitrogen and oxygen atoms in total. The SMILES string of the molecule is CC[C@@]1(c2ccc(Nc3c(-c4ccc(Cl)cc4)nc4ccc(Cl)cn34)cc2)CCC(=O)NC1=O. The van der Waals surface area contributed by atoms with E-state index in [-0.39, 0.29) is 11.8 Å². The molecular formula is C26H22Cl2N4O2. The molecule has 3 heterocycles. The first-order valence-corrected chi connectivity index (χ1v) is 11.8. The number of benzene rings is 2. The van der Waals surface area contributed by atoms with E-state index in [0.717, 1.165) is 34.0 Å². The zero-order valence-electron chi connectivity index (χ0n) is 18.4. The van der Waals surface area contributed by atoms with Crippen molar-refractivity contribution in [3.05, 3.63) is 82.5 Å². The first-order chi connectivity index (χ1) is 16.4. The van der Waals surface area contributed by atoms with Crippen LogP contribution in [0.15, 0.2) is 66.9 Å². The van der Waals surface area contributed by atoms with Crippen molar-refractivity contribution in [1.82, 2.24) is 14.7 Å². The number of fused-ring (bicyclic) bond motifs is 1. The molecule has 5 rings (SSSR count).